The van der Waals surface area contributed by atoms with Gasteiger partial charge in [-0.05, 0) is 33.6 Å². The normalized spacial score (nSPS) is 13.7. The fraction of sp³-hybridized carbons (Fsp3) is 0.423. The molecule has 38 heavy (non-hydrogen) atoms. The summed E-state index contributed by atoms with van der Waals surface area (Å²) >= 11 is 0. The quantitative estimate of drug-likeness (QED) is 0.353. The van der Waals surface area contributed by atoms with E-state index in [4.69, 9.17) is 24.2 Å². The number of H-pyrrole nitrogens is 1. The summed E-state index contributed by atoms with van der Waals surface area (Å²) in [6.07, 6.45) is 4.22. The average molecular weight is 522 g/mol. The smallest absolute Gasteiger partial charge is 0.407 e. The average Bonchev–Trinajstić information content (AvgIpc) is 3.53. The van der Waals surface area contributed by atoms with Gasteiger partial charge in [0.15, 0.2) is 11.5 Å². The van der Waals surface area contributed by atoms with Gasteiger partial charge in [-0.1, -0.05) is 0 Å². The van der Waals surface area contributed by atoms with Gasteiger partial charge in [-0.3, -0.25) is 5.10 Å². The molecule has 0 bridgehead atoms. The van der Waals surface area contributed by atoms with Crippen molar-refractivity contribution in [1.29, 1.82) is 5.26 Å². The van der Waals surface area contributed by atoms with E-state index in [2.05, 4.69) is 30.8 Å². The summed E-state index contributed by atoms with van der Waals surface area (Å²) < 4.78 is 22.8. The standard InChI is InChI=1S/C26H31N7O5/c1-25(2,3)38-24(34)30-14-26(6-7-26)15-37-20-9-17(35-4)8-19(36-5)23(20)18-10-21(33-32-18)31-22-13-28-16(11-27)12-29-22/h8-10,12-13H,6-7,14-15H2,1-5H3,(H,30,34)(H2,29,31,32,33). The Hall–Kier alpha value is -4.53. The molecule has 12 nitrogen and oxygen atoms in total. The molecule has 3 aromatic rings. The maximum Gasteiger partial charge on any atom is 0.407 e. The zero-order chi connectivity index (χ0) is 27.3. The number of amides is 1. The Morgan fingerprint density at radius 2 is 1.87 bits per heavy atom. The van der Waals surface area contributed by atoms with Gasteiger partial charge >= 0.3 is 6.09 Å². The number of nitrogens with one attached hydrogen (secondary N) is 3. The molecule has 1 saturated carbocycles. The molecule has 2 heterocycles. The third-order valence-electron chi connectivity index (χ3n) is 5.86. The summed E-state index contributed by atoms with van der Waals surface area (Å²) in [7, 11) is 3.14. The van der Waals surface area contributed by atoms with Crippen molar-refractivity contribution in [3.63, 3.8) is 0 Å². The number of carbonyl (C=O) groups is 1. The van der Waals surface area contributed by atoms with Crippen LogP contribution in [0, 0.1) is 16.7 Å². The number of aromatic amines is 1. The maximum absolute atomic E-state index is 12.1. The lowest BCUT2D eigenvalue weighted by atomic mass is 10.1. The van der Waals surface area contributed by atoms with Crippen molar-refractivity contribution in [3.05, 3.63) is 36.3 Å². The van der Waals surface area contributed by atoms with Crippen LogP contribution in [0.2, 0.25) is 0 Å². The molecule has 0 unspecified atom stereocenters. The second kappa shape index (κ2) is 10.8. The number of nitrogens with zero attached hydrogens (tertiary/aromatic N) is 4. The summed E-state index contributed by atoms with van der Waals surface area (Å²) in [6.45, 7) is 6.31. The van der Waals surface area contributed by atoms with Crippen LogP contribution >= 0.6 is 0 Å². The van der Waals surface area contributed by atoms with E-state index in [0.29, 0.717) is 53.3 Å². The van der Waals surface area contributed by atoms with Crippen LogP contribution in [0.25, 0.3) is 11.3 Å². The van der Waals surface area contributed by atoms with Crippen LogP contribution in [-0.2, 0) is 4.74 Å². The maximum atomic E-state index is 12.1. The molecular weight excluding hydrogens is 490 g/mol. The first kappa shape index (κ1) is 26.5. The Bertz CT molecular complexity index is 1320. The van der Waals surface area contributed by atoms with Crippen LogP contribution in [-0.4, -0.2) is 59.2 Å². The van der Waals surface area contributed by atoms with Gasteiger partial charge in [0.05, 0.1) is 44.5 Å². The number of hydrogen-bond donors (Lipinski definition) is 3. The zero-order valence-corrected chi connectivity index (χ0v) is 22.0. The molecule has 0 radical (unpaired) electrons. The van der Waals surface area contributed by atoms with Crippen LogP contribution in [0.3, 0.4) is 0 Å². The summed E-state index contributed by atoms with van der Waals surface area (Å²) in [5.74, 6) is 2.57. The van der Waals surface area contributed by atoms with Gasteiger partial charge in [-0.15, -0.1) is 0 Å². The minimum Gasteiger partial charge on any atom is -0.496 e. The Balaban J connectivity index is 1.52. The van der Waals surface area contributed by atoms with E-state index in [0.717, 1.165) is 12.8 Å². The number of alkyl carbamates (subject to hydrolysis) is 1. The number of carbonyl (C=O) groups excluding carboxylic acids is 1. The minimum atomic E-state index is -0.562. The summed E-state index contributed by atoms with van der Waals surface area (Å²) in [4.78, 5) is 20.3. The monoisotopic (exact) mass is 521 g/mol. The second-order valence-corrected chi connectivity index (χ2v) is 10.0. The fourth-order valence-electron chi connectivity index (χ4n) is 3.67. The molecule has 3 N–H and O–H groups in total. The predicted molar refractivity (Wildman–Crippen MR) is 139 cm³/mol. The van der Waals surface area contributed by atoms with Gasteiger partial charge in [0.25, 0.3) is 0 Å². The molecule has 1 aromatic carbocycles. The number of hydrogen-bond acceptors (Lipinski definition) is 10. The third kappa shape index (κ3) is 6.61. The highest BCUT2D eigenvalue weighted by Gasteiger charge is 2.44. The van der Waals surface area contributed by atoms with Crippen LogP contribution in [0.4, 0.5) is 16.4 Å². The van der Waals surface area contributed by atoms with Crippen LogP contribution in [0.15, 0.2) is 30.6 Å². The van der Waals surface area contributed by atoms with Gasteiger partial charge in [-0.25, -0.2) is 14.8 Å². The molecular formula is C26H31N7O5. The number of benzene rings is 1. The van der Waals surface area contributed by atoms with Crippen molar-refractivity contribution in [3.8, 4) is 34.6 Å². The predicted octanol–water partition coefficient (Wildman–Crippen LogP) is 4.18. The first-order valence-corrected chi connectivity index (χ1v) is 12.0. The zero-order valence-electron chi connectivity index (χ0n) is 22.0. The van der Waals surface area contributed by atoms with E-state index in [1.54, 1.807) is 32.4 Å². The number of aromatic nitrogens is 4. The first-order chi connectivity index (χ1) is 18.1. The molecule has 200 valence electrons. The molecule has 1 aliphatic rings. The molecule has 0 atom stereocenters. The molecule has 1 fully saturated rings. The number of nitriles is 1. The van der Waals surface area contributed by atoms with Crippen molar-refractivity contribution < 1.29 is 23.7 Å². The summed E-state index contributed by atoms with van der Waals surface area (Å²) in [6, 6.07) is 7.27. The lowest BCUT2D eigenvalue weighted by Gasteiger charge is -2.22. The molecule has 4 rings (SSSR count). The van der Waals surface area contributed by atoms with Gasteiger partial charge < -0.3 is 29.6 Å². The highest BCUT2D eigenvalue weighted by molar-refractivity contribution is 5.77. The largest absolute Gasteiger partial charge is 0.496 e. The van der Waals surface area contributed by atoms with E-state index in [-0.39, 0.29) is 11.1 Å². The van der Waals surface area contributed by atoms with Gasteiger partial charge in [-0.2, -0.15) is 10.4 Å². The Kier molecular flexibility index (Phi) is 7.57. The Morgan fingerprint density at radius 1 is 1.11 bits per heavy atom. The van der Waals surface area contributed by atoms with Crippen molar-refractivity contribution in [1.82, 2.24) is 25.5 Å². The number of anilines is 2. The number of ether oxygens (including phenoxy) is 4. The van der Waals surface area contributed by atoms with Crippen molar-refractivity contribution in [2.45, 2.75) is 39.2 Å². The minimum absolute atomic E-state index is 0.181. The first-order valence-electron chi connectivity index (χ1n) is 12.0. The van der Waals surface area contributed by atoms with Gasteiger partial charge in [0, 0.05) is 30.2 Å². The molecule has 2 aromatic heterocycles. The molecule has 12 heteroatoms. The topological polar surface area (TPSA) is 156 Å². The highest BCUT2D eigenvalue weighted by atomic mass is 16.6. The van der Waals surface area contributed by atoms with Gasteiger partial charge in [0.2, 0.25) is 0 Å². The van der Waals surface area contributed by atoms with Gasteiger partial charge in [0.1, 0.15) is 34.7 Å². The molecule has 1 aliphatic carbocycles. The van der Waals surface area contributed by atoms with Crippen LogP contribution in [0.1, 0.15) is 39.3 Å². The fourth-order valence-corrected chi connectivity index (χ4v) is 3.67. The highest BCUT2D eigenvalue weighted by Crippen LogP contribution is 2.47. The summed E-state index contributed by atoms with van der Waals surface area (Å²) in [5, 5.41) is 22.1. The van der Waals surface area contributed by atoms with Crippen molar-refractivity contribution in [2.75, 3.05) is 32.7 Å². The van der Waals surface area contributed by atoms with Crippen LogP contribution in [0.5, 0.6) is 17.2 Å². The number of rotatable bonds is 10. The number of methoxy groups -OCH3 is 2. The SMILES string of the molecule is COc1cc(OC)c(-c2cc(Nc3cnc(C#N)cn3)n[nH]2)c(OCC2(CNC(=O)OC(C)(C)C)CC2)c1. The Morgan fingerprint density at radius 3 is 2.47 bits per heavy atom. The van der Waals surface area contributed by atoms with E-state index < -0.39 is 11.7 Å². The Labute approximate surface area is 220 Å². The van der Waals surface area contributed by atoms with Crippen molar-refractivity contribution >= 4 is 17.7 Å². The van der Waals surface area contributed by atoms with E-state index in [9.17, 15) is 4.79 Å². The van der Waals surface area contributed by atoms with E-state index >= 15 is 0 Å². The molecule has 0 spiro atoms. The molecule has 0 saturated heterocycles. The summed E-state index contributed by atoms with van der Waals surface area (Å²) in [5.41, 5.74) is 0.779. The van der Waals surface area contributed by atoms with Crippen LogP contribution < -0.4 is 24.8 Å². The molecule has 0 aliphatic heterocycles. The third-order valence-corrected chi connectivity index (χ3v) is 5.86. The molecule has 1 amide bonds. The second-order valence-electron chi connectivity index (χ2n) is 10.0. The van der Waals surface area contributed by atoms with E-state index in [1.807, 2.05) is 26.8 Å². The van der Waals surface area contributed by atoms with E-state index in [1.165, 1.54) is 12.4 Å². The van der Waals surface area contributed by atoms with Crippen molar-refractivity contribution in [2.24, 2.45) is 5.41 Å². The lowest BCUT2D eigenvalue weighted by molar-refractivity contribution is 0.0509. The lowest BCUT2D eigenvalue weighted by Crippen LogP contribution is -2.37.